The van der Waals surface area contributed by atoms with E-state index >= 15 is 0 Å². The van der Waals surface area contributed by atoms with Crippen molar-refractivity contribution in [1.29, 1.82) is 0 Å². The van der Waals surface area contributed by atoms with Gasteiger partial charge in [0.2, 0.25) is 5.03 Å². The molecule has 0 fully saturated rings. The highest BCUT2D eigenvalue weighted by Gasteiger charge is 2.19. The molecule has 0 spiro atoms. The van der Waals surface area contributed by atoms with Crippen LogP contribution in [0.2, 0.25) is 0 Å². The zero-order valence-electron chi connectivity index (χ0n) is 9.34. The molecule has 0 bridgehead atoms. The minimum Gasteiger partial charge on any atom is -0.469 e. The third kappa shape index (κ3) is 2.93. The number of aromatic nitrogens is 1. The van der Waals surface area contributed by atoms with Crippen molar-refractivity contribution in [3.8, 4) is 0 Å². The second-order valence-electron chi connectivity index (χ2n) is 3.52. The molecule has 7 heteroatoms. The number of halogens is 1. The van der Waals surface area contributed by atoms with Crippen molar-refractivity contribution < 1.29 is 17.2 Å². The summed E-state index contributed by atoms with van der Waals surface area (Å²) in [6, 6.07) is 5.82. The summed E-state index contributed by atoms with van der Waals surface area (Å²) >= 11 is 0. The van der Waals surface area contributed by atoms with Crippen LogP contribution in [0.1, 0.15) is 5.76 Å². The van der Waals surface area contributed by atoms with Gasteiger partial charge >= 0.3 is 0 Å². The molecule has 5 nitrogen and oxygen atoms in total. The normalized spacial score (nSPS) is 11.6. The number of furan rings is 1. The Bertz CT molecular complexity index is 611. The van der Waals surface area contributed by atoms with E-state index < -0.39 is 20.9 Å². The number of sulfonamides is 1. The maximum absolute atomic E-state index is 13.3. The summed E-state index contributed by atoms with van der Waals surface area (Å²) in [7, 11) is -3.92. The maximum Gasteiger partial charge on any atom is 0.261 e. The molecule has 0 radical (unpaired) electrons. The van der Waals surface area contributed by atoms with Crippen LogP contribution in [0.15, 0.2) is 46.2 Å². The molecule has 1 N–H and O–H groups in total. The number of nitrogens with zero attached hydrogens (tertiary/aromatic N) is 1. The van der Waals surface area contributed by atoms with Gasteiger partial charge in [0.1, 0.15) is 5.76 Å². The van der Waals surface area contributed by atoms with Gasteiger partial charge in [0, 0.05) is 19.2 Å². The van der Waals surface area contributed by atoms with Gasteiger partial charge < -0.3 is 4.42 Å². The average molecular weight is 270 g/mol. The Morgan fingerprint density at radius 3 is 2.83 bits per heavy atom. The molecule has 0 unspecified atom stereocenters. The molecule has 2 rings (SSSR count). The van der Waals surface area contributed by atoms with Gasteiger partial charge in [-0.05, 0) is 24.3 Å². The van der Waals surface area contributed by atoms with Crippen molar-refractivity contribution in [1.82, 2.24) is 9.71 Å². The van der Waals surface area contributed by atoms with Gasteiger partial charge in [0.25, 0.3) is 10.0 Å². The van der Waals surface area contributed by atoms with E-state index in [-0.39, 0.29) is 6.54 Å². The highest BCUT2D eigenvalue weighted by atomic mass is 32.2. The van der Waals surface area contributed by atoms with Crippen LogP contribution in [-0.2, 0) is 16.4 Å². The van der Waals surface area contributed by atoms with Crippen LogP contribution < -0.4 is 4.72 Å². The van der Waals surface area contributed by atoms with Gasteiger partial charge in [-0.1, -0.05) is 0 Å². The molecular formula is C11H11FN2O3S. The first kappa shape index (κ1) is 12.7. The van der Waals surface area contributed by atoms with Crippen LogP contribution in [0.25, 0.3) is 0 Å². The molecule has 0 aliphatic rings. The van der Waals surface area contributed by atoms with Crippen molar-refractivity contribution in [2.75, 3.05) is 6.54 Å². The minimum absolute atomic E-state index is 0.117. The largest absolute Gasteiger partial charge is 0.469 e. The summed E-state index contributed by atoms with van der Waals surface area (Å²) in [5.41, 5.74) is 0. The number of hydrogen-bond acceptors (Lipinski definition) is 4. The quantitative estimate of drug-likeness (QED) is 0.889. The topological polar surface area (TPSA) is 72.2 Å². The lowest BCUT2D eigenvalue weighted by Gasteiger charge is -2.05. The van der Waals surface area contributed by atoms with Crippen molar-refractivity contribution in [2.24, 2.45) is 0 Å². The maximum atomic E-state index is 13.3. The first-order valence-corrected chi connectivity index (χ1v) is 6.70. The van der Waals surface area contributed by atoms with Crippen LogP contribution >= 0.6 is 0 Å². The molecule has 0 amide bonds. The van der Waals surface area contributed by atoms with E-state index in [9.17, 15) is 12.8 Å². The summed E-state index contributed by atoms with van der Waals surface area (Å²) in [5, 5.41) is -0.593. The fourth-order valence-corrected chi connectivity index (χ4v) is 2.43. The predicted octanol–water partition coefficient (Wildman–Crippen LogP) is 1.33. The highest BCUT2D eigenvalue weighted by Crippen LogP contribution is 2.09. The van der Waals surface area contributed by atoms with Gasteiger partial charge in [-0.3, -0.25) is 0 Å². The standard InChI is InChI=1S/C11H11FN2O3S/c12-10-4-1-6-13-11(10)18(15,16)14-7-5-9-3-2-8-17-9/h1-4,6,8,14H,5,7H2. The summed E-state index contributed by atoms with van der Waals surface area (Å²) in [6.45, 7) is 0.117. The monoisotopic (exact) mass is 270 g/mol. The second kappa shape index (κ2) is 5.28. The number of pyridine rings is 1. The van der Waals surface area contributed by atoms with Gasteiger partial charge in [-0.25, -0.2) is 22.5 Å². The third-order valence-corrected chi connectivity index (χ3v) is 3.62. The zero-order valence-corrected chi connectivity index (χ0v) is 10.2. The lowest BCUT2D eigenvalue weighted by atomic mass is 10.3. The van der Waals surface area contributed by atoms with Crippen LogP contribution in [0.5, 0.6) is 0 Å². The summed E-state index contributed by atoms with van der Waals surface area (Å²) in [4.78, 5) is 3.52. The van der Waals surface area contributed by atoms with Crippen molar-refractivity contribution >= 4 is 10.0 Å². The molecule has 0 saturated heterocycles. The van der Waals surface area contributed by atoms with E-state index in [4.69, 9.17) is 4.42 Å². The average Bonchev–Trinajstić information content (AvgIpc) is 2.82. The van der Waals surface area contributed by atoms with E-state index in [1.807, 2.05) is 0 Å². The molecule has 2 aromatic rings. The van der Waals surface area contributed by atoms with Gasteiger partial charge in [0.05, 0.1) is 6.26 Å². The van der Waals surface area contributed by atoms with E-state index in [1.165, 1.54) is 18.5 Å². The molecule has 0 aromatic carbocycles. The molecule has 18 heavy (non-hydrogen) atoms. The molecule has 0 atom stereocenters. The third-order valence-electron chi connectivity index (χ3n) is 2.22. The van der Waals surface area contributed by atoms with Crippen molar-refractivity contribution in [3.63, 3.8) is 0 Å². The predicted molar refractivity (Wildman–Crippen MR) is 61.8 cm³/mol. The van der Waals surface area contributed by atoms with Crippen LogP contribution in [0.4, 0.5) is 4.39 Å². The fourth-order valence-electron chi connectivity index (χ4n) is 1.40. The summed E-state index contributed by atoms with van der Waals surface area (Å²) < 4.78 is 44.1. The van der Waals surface area contributed by atoms with Crippen LogP contribution in [-0.4, -0.2) is 19.9 Å². The van der Waals surface area contributed by atoms with E-state index in [0.717, 1.165) is 6.07 Å². The second-order valence-corrected chi connectivity index (χ2v) is 5.20. The molecular weight excluding hydrogens is 259 g/mol. The Kier molecular flexibility index (Phi) is 3.73. The van der Waals surface area contributed by atoms with E-state index in [0.29, 0.717) is 12.2 Å². The SMILES string of the molecule is O=S(=O)(NCCc1ccco1)c1ncccc1F. The Hall–Kier alpha value is -1.73. The smallest absolute Gasteiger partial charge is 0.261 e. The molecule has 2 aromatic heterocycles. The van der Waals surface area contributed by atoms with Gasteiger partial charge in [-0.2, -0.15) is 0 Å². The fraction of sp³-hybridized carbons (Fsp3) is 0.182. The van der Waals surface area contributed by atoms with Crippen molar-refractivity contribution in [2.45, 2.75) is 11.4 Å². The Morgan fingerprint density at radius 1 is 1.33 bits per heavy atom. The molecule has 0 aliphatic heterocycles. The molecule has 0 aliphatic carbocycles. The molecule has 2 heterocycles. The zero-order chi connectivity index (χ0) is 13.0. The number of hydrogen-bond donors (Lipinski definition) is 1. The van der Waals surface area contributed by atoms with E-state index in [1.54, 1.807) is 12.1 Å². The van der Waals surface area contributed by atoms with E-state index in [2.05, 4.69) is 9.71 Å². The molecule has 0 saturated carbocycles. The Balaban J connectivity index is 2.02. The van der Waals surface area contributed by atoms with Crippen molar-refractivity contribution in [3.05, 3.63) is 48.3 Å². The lowest BCUT2D eigenvalue weighted by molar-refractivity contribution is 0.504. The van der Waals surface area contributed by atoms with Crippen LogP contribution in [0, 0.1) is 5.82 Å². The number of rotatable bonds is 5. The Labute approximate surface area is 104 Å². The number of nitrogens with one attached hydrogen (secondary N) is 1. The lowest BCUT2D eigenvalue weighted by Crippen LogP contribution is -2.27. The van der Waals surface area contributed by atoms with Gasteiger partial charge in [0.15, 0.2) is 5.82 Å². The minimum atomic E-state index is -3.92. The first-order valence-electron chi connectivity index (χ1n) is 5.22. The summed E-state index contributed by atoms with van der Waals surface area (Å²) in [6.07, 6.45) is 3.12. The Morgan fingerprint density at radius 2 is 2.17 bits per heavy atom. The highest BCUT2D eigenvalue weighted by molar-refractivity contribution is 7.89. The van der Waals surface area contributed by atoms with Gasteiger partial charge in [-0.15, -0.1) is 0 Å². The molecule has 96 valence electrons. The first-order chi connectivity index (χ1) is 8.59. The summed E-state index contributed by atoms with van der Waals surface area (Å²) in [5.74, 6) is -0.220. The van der Waals surface area contributed by atoms with Crippen LogP contribution in [0.3, 0.4) is 0 Å².